The summed E-state index contributed by atoms with van der Waals surface area (Å²) in [4.78, 5) is 2.15. The standard InChI is InChI=1S/C18H33P.C15H17N.C13H12.2C6H12.Fe/c1-4-10-16(11-5-1)19(17-12-6-2-7-13-17)18-14-8-3-9-15-18;1-12-8-4-5-9-13(12)14-10-6-7-11-15(14)16(2)3;1-11-7-5-6-10-13(11)12-8-3-2-4-9-12;2*1-6-4-2-3-5-6;/h16-18H,1-15H2;4-11H,1-3H3;2-10H,1H3;2*6H,2-5H2,1H3;. The van der Waals surface area contributed by atoms with E-state index < -0.39 is 0 Å². The fourth-order valence-corrected chi connectivity index (χ4v) is 15.4. The van der Waals surface area contributed by atoms with E-state index in [1.807, 2.05) is 6.07 Å². The minimum atomic E-state index is 0. The summed E-state index contributed by atoms with van der Waals surface area (Å²) in [7, 11) is 4.55. The molecule has 0 N–H and O–H groups in total. The molecule has 0 aromatic heterocycles. The van der Waals surface area contributed by atoms with Crippen LogP contribution in [-0.2, 0) is 17.1 Å². The Hall–Kier alpha value is -2.37. The van der Waals surface area contributed by atoms with Gasteiger partial charge in [0.15, 0.2) is 0 Å². The molecule has 4 aromatic carbocycles. The molecule has 0 aliphatic heterocycles. The molecule has 1 nitrogen and oxygen atoms in total. The topological polar surface area (TPSA) is 3.24 Å². The Balaban J connectivity index is 0.000000178. The first kappa shape index (κ1) is 51.3. The molecule has 0 heterocycles. The van der Waals surface area contributed by atoms with Crippen LogP contribution in [0.3, 0.4) is 0 Å². The molecular formula is C58H86FeNP. The van der Waals surface area contributed by atoms with E-state index in [4.69, 9.17) is 0 Å². The molecular weight excluding hydrogens is 797 g/mol. The van der Waals surface area contributed by atoms with Gasteiger partial charge in [0.1, 0.15) is 0 Å². The van der Waals surface area contributed by atoms with Crippen LogP contribution in [0.25, 0.3) is 22.3 Å². The average molecular weight is 884 g/mol. The van der Waals surface area contributed by atoms with Crippen LogP contribution < -0.4 is 4.90 Å². The minimum absolute atomic E-state index is 0. The van der Waals surface area contributed by atoms with Crippen molar-refractivity contribution in [2.24, 2.45) is 11.8 Å². The SMILES string of the molecule is C1CCC(P(C2CCCCC2)C2CCCCC2)CC1.CC1CCCC1.CC1CCCC1.Cc1ccccc1-c1ccccc1.Cc1ccccc1-c1ccccc1N(C)C.[Fe]. The normalized spacial score (nSPS) is 18.8. The summed E-state index contributed by atoms with van der Waals surface area (Å²) >= 11 is 0. The van der Waals surface area contributed by atoms with E-state index in [-0.39, 0.29) is 17.1 Å². The molecule has 0 unspecified atom stereocenters. The van der Waals surface area contributed by atoms with E-state index in [1.165, 1.54) is 127 Å². The molecule has 0 saturated heterocycles. The molecule has 5 aliphatic carbocycles. The van der Waals surface area contributed by atoms with Gasteiger partial charge in [-0.2, -0.15) is 0 Å². The first-order valence-electron chi connectivity index (χ1n) is 25.0. The van der Waals surface area contributed by atoms with E-state index in [0.717, 1.165) is 11.8 Å². The van der Waals surface area contributed by atoms with Gasteiger partial charge >= 0.3 is 0 Å². The Morgan fingerprint density at radius 1 is 0.377 bits per heavy atom. The number of nitrogens with zero attached hydrogens (tertiary/aromatic N) is 1. The molecule has 0 atom stereocenters. The summed E-state index contributed by atoms with van der Waals surface area (Å²) in [6.45, 7) is 8.98. The predicted molar refractivity (Wildman–Crippen MR) is 270 cm³/mol. The third-order valence-electron chi connectivity index (χ3n) is 14.3. The van der Waals surface area contributed by atoms with Crippen LogP contribution in [0.1, 0.15) is 173 Å². The van der Waals surface area contributed by atoms with Crippen LogP contribution in [0.2, 0.25) is 0 Å². The van der Waals surface area contributed by atoms with Crippen molar-refractivity contribution in [1.82, 2.24) is 0 Å². The van der Waals surface area contributed by atoms with Crippen LogP contribution in [-0.4, -0.2) is 31.1 Å². The van der Waals surface area contributed by atoms with Crippen LogP contribution in [0, 0.1) is 25.7 Å². The quantitative estimate of drug-likeness (QED) is 0.138. The van der Waals surface area contributed by atoms with Crippen molar-refractivity contribution in [3.05, 3.63) is 114 Å². The van der Waals surface area contributed by atoms with Crippen molar-refractivity contribution in [2.45, 2.75) is 192 Å². The Bertz CT molecular complexity index is 1650. The van der Waals surface area contributed by atoms with Gasteiger partial charge in [0.2, 0.25) is 0 Å². The number of hydrogen-bond acceptors (Lipinski definition) is 1. The molecule has 5 saturated carbocycles. The van der Waals surface area contributed by atoms with Gasteiger partial charge in [-0.3, -0.25) is 0 Å². The number of anilines is 1. The molecule has 0 amide bonds. The molecule has 5 aliphatic rings. The minimum Gasteiger partial charge on any atom is -0.377 e. The van der Waals surface area contributed by atoms with Crippen LogP contribution in [0.15, 0.2) is 103 Å². The van der Waals surface area contributed by atoms with E-state index in [0.29, 0.717) is 7.92 Å². The van der Waals surface area contributed by atoms with Crippen LogP contribution >= 0.6 is 7.92 Å². The molecule has 5 fully saturated rings. The summed E-state index contributed by atoms with van der Waals surface area (Å²) in [5.41, 5.74) is 12.7. The second kappa shape index (κ2) is 29.1. The summed E-state index contributed by atoms with van der Waals surface area (Å²) in [6.07, 6.45) is 35.5. The summed E-state index contributed by atoms with van der Waals surface area (Å²) < 4.78 is 0. The van der Waals surface area contributed by atoms with Crippen molar-refractivity contribution in [3.63, 3.8) is 0 Å². The van der Waals surface area contributed by atoms with Gasteiger partial charge in [0, 0.05) is 42.4 Å². The molecule has 0 bridgehead atoms. The maximum atomic E-state index is 2.34. The number of aryl methyl sites for hydroxylation is 2. The van der Waals surface area contributed by atoms with E-state index in [2.05, 4.69) is 144 Å². The third-order valence-corrected chi connectivity index (χ3v) is 18.4. The van der Waals surface area contributed by atoms with Gasteiger partial charge in [-0.05, 0) is 115 Å². The van der Waals surface area contributed by atoms with Crippen LogP contribution in [0.4, 0.5) is 5.69 Å². The predicted octanol–water partition coefficient (Wildman–Crippen LogP) is 18.2. The van der Waals surface area contributed by atoms with Gasteiger partial charge in [-0.1, -0.05) is 228 Å². The smallest absolute Gasteiger partial charge is 0.0440 e. The number of para-hydroxylation sites is 1. The molecule has 9 rings (SSSR count). The Morgan fingerprint density at radius 3 is 1.07 bits per heavy atom. The van der Waals surface area contributed by atoms with Crippen LogP contribution in [0.5, 0.6) is 0 Å². The summed E-state index contributed by atoms with van der Waals surface area (Å²) in [5.74, 6) is 2.09. The fraction of sp³-hybridized carbons (Fsp3) is 0.586. The molecule has 61 heavy (non-hydrogen) atoms. The average Bonchev–Trinajstić information content (AvgIpc) is 3.99. The number of benzene rings is 4. The Kier molecular flexibility index (Phi) is 24.5. The van der Waals surface area contributed by atoms with Crippen molar-refractivity contribution < 1.29 is 17.1 Å². The summed E-state index contributed by atoms with van der Waals surface area (Å²) in [6, 6.07) is 35.9. The van der Waals surface area contributed by atoms with Gasteiger partial charge in [0.25, 0.3) is 0 Å². The maximum Gasteiger partial charge on any atom is 0.0440 e. The maximum absolute atomic E-state index is 2.34. The first-order chi connectivity index (χ1) is 29.3. The zero-order valence-electron chi connectivity index (χ0n) is 39.7. The first-order valence-corrected chi connectivity index (χ1v) is 26.6. The molecule has 4 aromatic rings. The molecule has 0 radical (unpaired) electrons. The number of hydrogen-bond donors (Lipinski definition) is 0. The molecule has 3 heteroatoms. The monoisotopic (exact) mass is 884 g/mol. The summed E-state index contributed by atoms with van der Waals surface area (Å²) in [5, 5.41) is 0. The van der Waals surface area contributed by atoms with Crippen molar-refractivity contribution >= 4 is 13.6 Å². The van der Waals surface area contributed by atoms with Gasteiger partial charge in [-0.15, -0.1) is 0 Å². The zero-order chi connectivity index (χ0) is 42.4. The second-order valence-corrected chi connectivity index (χ2v) is 22.6. The van der Waals surface area contributed by atoms with Crippen molar-refractivity contribution in [1.29, 1.82) is 0 Å². The largest absolute Gasteiger partial charge is 0.377 e. The number of rotatable bonds is 6. The molecule has 336 valence electrons. The van der Waals surface area contributed by atoms with Crippen molar-refractivity contribution in [2.75, 3.05) is 19.0 Å². The third kappa shape index (κ3) is 17.6. The van der Waals surface area contributed by atoms with E-state index >= 15 is 0 Å². The van der Waals surface area contributed by atoms with Gasteiger partial charge < -0.3 is 4.90 Å². The van der Waals surface area contributed by atoms with E-state index in [1.54, 1.807) is 77.0 Å². The molecule has 0 spiro atoms. The van der Waals surface area contributed by atoms with Gasteiger partial charge in [0.05, 0.1) is 0 Å². The van der Waals surface area contributed by atoms with Crippen molar-refractivity contribution in [3.8, 4) is 22.3 Å². The Labute approximate surface area is 388 Å². The van der Waals surface area contributed by atoms with E-state index in [9.17, 15) is 0 Å². The second-order valence-electron chi connectivity index (χ2n) is 19.5. The Morgan fingerprint density at radius 2 is 0.705 bits per heavy atom. The fourth-order valence-electron chi connectivity index (χ4n) is 10.8. The van der Waals surface area contributed by atoms with Gasteiger partial charge in [-0.25, -0.2) is 0 Å². The zero-order valence-corrected chi connectivity index (χ0v) is 41.7.